The Labute approximate surface area is 274 Å². The number of hydrogen-bond donors (Lipinski definition) is 2. The van der Waals surface area contributed by atoms with Gasteiger partial charge in [-0.25, -0.2) is 4.79 Å². The van der Waals surface area contributed by atoms with Crippen LogP contribution in [0.25, 0.3) is 0 Å². The molecule has 1 aromatic carbocycles. The summed E-state index contributed by atoms with van der Waals surface area (Å²) in [6, 6.07) is 9.26. The molecule has 0 bridgehead atoms. The van der Waals surface area contributed by atoms with Crippen LogP contribution in [-0.2, 0) is 35.1 Å². The number of aliphatic hydroxyl groups is 2. The van der Waals surface area contributed by atoms with Crippen LogP contribution in [-0.4, -0.2) is 82.7 Å². The van der Waals surface area contributed by atoms with Gasteiger partial charge in [0.25, 0.3) is 0 Å². The van der Waals surface area contributed by atoms with Crippen LogP contribution in [0.4, 0.5) is 0 Å². The van der Waals surface area contributed by atoms with Crippen LogP contribution < -0.4 is 0 Å². The Balaban J connectivity index is 1.65. The van der Waals surface area contributed by atoms with Crippen molar-refractivity contribution in [1.82, 2.24) is 4.90 Å². The second-order valence-corrected chi connectivity index (χ2v) is 12.9. The van der Waals surface area contributed by atoms with Gasteiger partial charge in [0.05, 0.1) is 12.2 Å². The summed E-state index contributed by atoms with van der Waals surface area (Å²) in [6.45, 7) is 7.34. The van der Waals surface area contributed by atoms with Crippen molar-refractivity contribution in [1.29, 1.82) is 0 Å². The largest absolute Gasteiger partial charge is 0.456 e. The molecule has 46 heavy (non-hydrogen) atoms. The Kier molecular flexibility index (Phi) is 15.3. The highest BCUT2D eigenvalue weighted by Gasteiger charge is 2.36. The first kappa shape index (κ1) is 37.3. The molecule has 254 valence electrons. The molecule has 2 aliphatic heterocycles. The van der Waals surface area contributed by atoms with Crippen molar-refractivity contribution in [3.05, 3.63) is 60.2 Å². The SMILES string of the molecule is CC[C@H](Cc1ccccc1)[C@H](/C=C/C=C/CC(=O)[C@@H](C)[C@H](O)[C@@H](C)[C@@H]1CC[C@@H](C)C(=O)CO1)OC(=O)[C@@H]1CCCCN1C(=O)CO. The van der Waals surface area contributed by atoms with Gasteiger partial charge in [-0.1, -0.05) is 76.3 Å². The summed E-state index contributed by atoms with van der Waals surface area (Å²) >= 11 is 0. The number of esters is 1. The van der Waals surface area contributed by atoms with Crippen LogP contribution in [0.3, 0.4) is 0 Å². The van der Waals surface area contributed by atoms with Gasteiger partial charge >= 0.3 is 5.97 Å². The van der Waals surface area contributed by atoms with E-state index >= 15 is 0 Å². The van der Waals surface area contributed by atoms with Crippen molar-refractivity contribution in [2.45, 2.75) is 103 Å². The van der Waals surface area contributed by atoms with Gasteiger partial charge in [0.1, 0.15) is 31.1 Å². The summed E-state index contributed by atoms with van der Waals surface area (Å²) in [4.78, 5) is 52.2. The average molecular weight is 640 g/mol. The van der Waals surface area contributed by atoms with E-state index in [4.69, 9.17) is 9.47 Å². The molecule has 8 atom stereocenters. The van der Waals surface area contributed by atoms with Gasteiger partial charge < -0.3 is 24.6 Å². The minimum atomic E-state index is -0.894. The van der Waals surface area contributed by atoms with E-state index in [0.717, 1.165) is 24.8 Å². The normalized spacial score (nSPS) is 24.3. The number of amides is 1. The van der Waals surface area contributed by atoms with E-state index in [0.29, 0.717) is 32.2 Å². The molecule has 0 spiro atoms. The zero-order valence-electron chi connectivity index (χ0n) is 27.9. The van der Waals surface area contributed by atoms with E-state index in [1.165, 1.54) is 4.90 Å². The second kappa shape index (κ2) is 18.9. The van der Waals surface area contributed by atoms with E-state index in [2.05, 4.69) is 0 Å². The molecule has 0 saturated carbocycles. The quantitative estimate of drug-likeness (QED) is 0.210. The average Bonchev–Trinajstić information content (AvgIpc) is 3.25. The Hall–Kier alpha value is -3.14. The van der Waals surface area contributed by atoms with Crippen molar-refractivity contribution in [3.8, 4) is 0 Å². The van der Waals surface area contributed by atoms with Crippen LogP contribution >= 0.6 is 0 Å². The van der Waals surface area contributed by atoms with Crippen LogP contribution in [0.15, 0.2) is 54.6 Å². The molecule has 1 aromatic rings. The highest BCUT2D eigenvalue weighted by Crippen LogP contribution is 2.28. The van der Waals surface area contributed by atoms with Gasteiger partial charge in [0, 0.05) is 36.6 Å². The third-order valence-electron chi connectivity index (χ3n) is 9.70. The fourth-order valence-corrected chi connectivity index (χ4v) is 6.37. The highest BCUT2D eigenvalue weighted by atomic mass is 16.5. The topological polar surface area (TPSA) is 130 Å². The van der Waals surface area contributed by atoms with Crippen LogP contribution in [0, 0.1) is 23.7 Å². The summed E-state index contributed by atoms with van der Waals surface area (Å²) in [6.07, 6.45) is 10.3. The summed E-state index contributed by atoms with van der Waals surface area (Å²) in [7, 11) is 0. The molecule has 0 aliphatic carbocycles. The van der Waals surface area contributed by atoms with E-state index in [-0.39, 0.29) is 48.5 Å². The van der Waals surface area contributed by atoms with E-state index in [1.54, 1.807) is 25.2 Å². The van der Waals surface area contributed by atoms with Crippen molar-refractivity contribution >= 4 is 23.4 Å². The molecular formula is C37H53NO8. The maximum absolute atomic E-state index is 13.4. The Morgan fingerprint density at radius 1 is 1.09 bits per heavy atom. The molecule has 0 aromatic heterocycles. The predicted octanol–water partition coefficient (Wildman–Crippen LogP) is 4.63. The summed E-state index contributed by atoms with van der Waals surface area (Å²) < 4.78 is 11.9. The molecule has 0 unspecified atom stereocenters. The van der Waals surface area contributed by atoms with Crippen molar-refractivity contribution < 1.29 is 38.9 Å². The minimum absolute atomic E-state index is 0.0237. The zero-order valence-corrected chi connectivity index (χ0v) is 27.9. The molecule has 2 N–H and O–H groups in total. The van der Waals surface area contributed by atoms with Crippen LogP contribution in [0.1, 0.15) is 78.2 Å². The van der Waals surface area contributed by atoms with E-state index < -0.39 is 42.7 Å². The minimum Gasteiger partial charge on any atom is -0.456 e. The lowest BCUT2D eigenvalue weighted by Gasteiger charge is -2.35. The molecular weight excluding hydrogens is 586 g/mol. The Morgan fingerprint density at radius 3 is 2.52 bits per heavy atom. The molecule has 3 rings (SSSR count). The molecule has 9 heteroatoms. The van der Waals surface area contributed by atoms with Gasteiger partial charge in [-0.2, -0.15) is 0 Å². The van der Waals surface area contributed by atoms with Crippen molar-refractivity contribution in [3.63, 3.8) is 0 Å². The predicted molar refractivity (Wildman–Crippen MR) is 176 cm³/mol. The number of piperidine rings is 1. The molecule has 9 nitrogen and oxygen atoms in total. The fraction of sp³-hybridized carbons (Fsp3) is 0.622. The summed E-state index contributed by atoms with van der Waals surface area (Å²) in [5.41, 5.74) is 1.12. The smallest absolute Gasteiger partial charge is 0.329 e. The Bertz CT molecular complexity index is 1200. The van der Waals surface area contributed by atoms with E-state index in [1.807, 2.05) is 57.2 Å². The van der Waals surface area contributed by atoms with Crippen molar-refractivity contribution in [2.24, 2.45) is 23.7 Å². The standard InChI is InChI=1S/C37H53NO8/c1-5-29(22-28-14-8-6-9-15-28)34(46-37(44)30-16-12-13-21-38(30)35(42)23-39)18-11-7-10-17-31(40)26(3)36(43)27(4)33-20-19-25(2)32(41)24-45-33/h6-11,14-15,18,25-27,29-30,33-34,36,39,43H,5,12-13,16-17,19-24H2,1-4H3/b10-7+,18-11+/t25-,26-,27+,29-,30+,33+,34+,36+/m1/s1. The zero-order chi connectivity index (χ0) is 33.6. The highest BCUT2D eigenvalue weighted by molar-refractivity contribution is 5.85. The molecule has 2 saturated heterocycles. The lowest BCUT2D eigenvalue weighted by molar-refractivity contribution is -0.162. The van der Waals surface area contributed by atoms with Gasteiger partial charge in [0.15, 0.2) is 5.78 Å². The maximum Gasteiger partial charge on any atom is 0.329 e. The summed E-state index contributed by atoms with van der Waals surface area (Å²) in [5, 5.41) is 20.4. The van der Waals surface area contributed by atoms with Crippen LogP contribution in [0.5, 0.6) is 0 Å². The molecule has 1 amide bonds. The maximum atomic E-state index is 13.4. The van der Waals surface area contributed by atoms with Gasteiger partial charge in [-0.05, 0) is 56.6 Å². The number of benzene rings is 1. The number of allylic oxidation sites excluding steroid dienone is 3. The molecule has 0 radical (unpaired) electrons. The first-order valence-electron chi connectivity index (χ1n) is 16.9. The molecule has 2 heterocycles. The van der Waals surface area contributed by atoms with E-state index in [9.17, 15) is 29.4 Å². The molecule has 2 aliphatic rings. The third kappa shape index (κ3) is 10.7. The first-order valence-corrected chi connectivity index (χ1v) is 16.9. The van der Waals surface area contributed by atoms with Gasteiger partial charge in [-0.3, -0.25) is 14.4 Å². The number of ketones is 2. The monoisotopic (exact) mass is 639 g/mol. The molecule has 2 fully saturated rings. The lowest BCUT2D eigenvalue weighted by Crippen LogP contribution is -2.50. The van der Waals surface area contributed by atoms with Crippen LogP contribution in [0.2, 0.25) is 0 Å². The number of aliphatic hydroxyl groups excluding tert-OH is 2. The number of hydrogen-bond acceptors (Lipinski definition) is 8. The number of carbonyl (C=O) groups excluding carboxylic acids is 4. The second-order valence-electron chi connectivity index (χ2n) is 12.9. The number of Topliss-reactive ketones (excluding diaryl/α,β-unsaturated/α-hetero) is 2. The third-order valence-corrected chi connectivity index (χ3v) is 9.70. The van der Waals surface area contributed by atoms with Crippen molar-refractivity contribution in [2.75, 3.05) is 19.8 Å². The Morgan fingerprint density at radius 2 is 1.83 bits per heavy atom. The number of rotatable bonds is 15. The lowest BCUT2D eigenvalue weighted by atomic mass is 9.84. The number of ether oxygens (including phenoxy) is 2. The summed E-state index contributed by atoms with van der Waals surface area (Å²) in [5.74, 6) is -1.96. The van der Waals surface area contributed by atoms with Gasteiger partial charge in [0.2, 0.25) is 5.91 Å². The fourth-order valence-electron chi connectivity index (χ4n) is 6.37. The number of likely N-dealkylation sites (tertiary alicyclic amines) is 1. The number of nitrogens with zero attached hydrogens (tertiary/aromatic N) is 1. The van der Waals surface area contributed by atoms with Gasteiger partial charge in [-0.15, -0.1) is 0 Å². The first-order chi connectivity index (χ1) is 22.1. The number of carbonyl (C=O) groups is 4.